The van der Waals surface area contributed by atoms with Gasteiger partial charge in [0.1, 0.15) is 0 Å². The zero-order valence-corrected chi connectivity index (χ0v) is 18.4. The first-order valence-corrected chi connectivity index (χ1v) is 11.5. The van der Waals surface area contributed by atoms with Crippen molar-refractivity contribution < 1.29 is 9.90 Å². The number of carbonyl (C=O) groups excluding carboxylic acids is 1. The van der Waals surface area contributed by atoms with E-state index in [-0.39, 0.29) is 36.0 Å². The molecule has 2 aromatic rings. The van der Waals surface area contributed by atoms with E-state index in [9.17, 15) is 14.7 Å². The molecule has 3 aliphatic rings. The maximum Gasteiger partial charge on any atom is 0.258 e. The average molecular weight is 435 g/mol. The lowest BCUT2D eigenvalue weighted by atomic mass is 9.88. The number of aliphatic hydroxyl groups is 1. The van der Waals surface area contributed by atoms with Crippen LogP contribution in [0.25, 0.3) is 6.08 Å². The summed E-state index contributed by atoms with van der Waals surface area (Å²) in [6, 6.07) is 7.27. The summed E-state index contributed by atoms with van der Waals surface area (Å²) in [5.41, 5.74) is 2.64. The van der Waals surface area contributed by atoms with E-state index in [0.29, 0.717) is 31.1 Å². The Bertz CT molecular complexity index is 1080. The van der Waals surface area contributed by atoms with Crippen molar-refractivity contribution in [2.24, 2.45) is 17.8 Å². The first-order chi connectivity index (χ1) is 15.6. The van der Waals surface area contributed by atoms with Gasteiger partial charge in [-0.15, -0.1) is 0 Å². The molecule has 4 heterocycles. The lowest BCUT2D eigenvalue weighted by Gasteiger charge is -2.31. The molecule has 2 aliphatic heterocycles. The van der Waals surface area contributed by atoms with Crippen LogP contribution in [0.5, 0.6) is 0 Å². The van der Waals surface area contributed by atoms with Crippen molar-refractivity contribution in [3.8, 4) is 0 Å². The van der Waals surface area contributed by atoms with Crippen LogP contribution < -0.4 is 10.9 Å². The van der Waals surface area contributed by atoms with Gasteiger partial charge in [-0.05, 0) is 55.5 Å². The van der Waals surface area contributed by atoms with E-state index in [1.165, 1.54) is 12.8 Å². The van der Waals surface area contributed by atoms with Crippen LogP contribution in [-0.2, 0) is 17.9 Å². The number of aliphatic hydroxyl groups excluding tert-OH is 1. The standard InChI is InChI=1S/C25H30N4O3/c1-2-3-18-6-7-21-22-19(14-28(21)25(18)32)20(15-30)23(24(31)27-12-16-4-5-16)29(22)13-17-8-10-26-11-9-17/h2-3,6-11,16,19-20,22-23,30H,4-5,12-15H2,1H3,(H,27,31)/b3-2+/t19-,20-,22+,23-/m1/s1. The summed E-state index contributed by atoms with van der Waals surface area (Å²) in [4.78, 5) is 32.7. The highest BCUT2D eigenvalue weighted by molar-refractivity contribution is 5.83. The van der Waals surface area contributed by atoms with Gasteiger partial charge in [-0.3, -0.25) is 19.5 Å². The van der Waals surface area contributed by atoms with E-state index >= 15 is 0 Å². The smallest absolute Gasteiger partial charge is 0.258 e. The predicted octanol–water partition coefficient (Wildman–Crippen LogP) is 1.97. The average Bonchev–Trinajstić information content (AvgIpc) is 3.48. The van der Waals surface area contributed by atoms with Crippen LogP contribution in [0.3, 0.4) is 0 Å². The lowest BCUT2D eigenvalue weighted by molar-refractivity contribution is -0.128. The van der Waals surface area contributed by atoms with Crippen molar-refractivity contribution in [2.45, 2.75) is 44.9 Å². The van der Waals surface area contributed by atoms with Crippen LogP contribution in [0.4, 0.5) is 0 Å². The lowest BCUT2D eigenvalue weighted by Crippen LogP contribution is -2.48. The Hall–Kier alpha value is -2.77. The molecular formula is C25H30N4O3. The Kier molecular flexibility index (Phi) is 5.69. The maximum atomic E-state index is 13.3. The molecule has 0 aromatic carbocycles. The summed E-state index contributed by atoms with van der Waals surface area (Å²) < 4.78 is 1.84. The van der Waals surface area contributed by atoms with Crippen molar-refractivity contribution in [3.63, 3.8) is 0 Å². The first-order valence-electron chi connectivity index (χ1n) is 11.5. The van der Waals surface area contributed by atoms with Crippen LogP contribution in [0, 0.1) is 17.8 Å². The molecule has 1 saturated carbocycles. The number of hydrogen-bond acceptors (Lipinski definition) is 5. The molecule has 7 nitrogen and oxygen atoms in total. The molecule has 0 bridgehead atoms. The molecule has 32 heavy (non-hydrogen) atoms. The topological polar surface area (TPSA) is 87.5 Å². The van der Waals surface area contributed by atoms with Crippen molar-refractivity contribution in [2.75, 3.05) is 13.2 Å². The molecule has 1 aliphatic carbocycles. The van der Waals surface area contributed by atoms with Crippen LogP contribution in [0.15, 0.2) is 47.5 Å². The van der Waals surface area contributed by atoms with Gasteiger partial charge in [0.2, 0.25) is 5.91 Å². The molecule has 1 saturated heterocycles. The third kappa shape index (κ3) is 3.69. The van der Waals surface area contributed by atoms with Gasteiger partial charge in [0, 0.05) is 61.7 Å². The summed E-state index contributed by atoms with van der Waals surface area (Å²) in [7, 11) is 0. The number of amides is 1. The van der Waals surface area contributed by atoms with Gasteiger partial charge in [-0.25, -0.2) is 0 Å². The summed E-state index contributed by atoms with van der Waals surface area (Å²) in [5, 5.41) is 13.5. The zero-order chi connectivity index (χ0) is 22.2. The second kappa shape index (κ2) is 8.64. The summed E-state index contributed by atoms with van der Waals surface area (Å²) in [6.45, 7) is 3.60. The minimum atomic E-state index is -0.430. The van der Waals surface area contributed by atoms with E-state index < -0.39 is 6.04 Å². The van der Waals surface area contributed by atoms with Gasteiger partial charge in [0.05, 0.1) is 12.1 Å². The molecular weight excluding hydrogens is 404 g/mol. The van der Waals surface area contributed by atoms with Crippen molar-refractivity contribution in [1.82, 2.24) is 19.8 Å². The number of likely N-dealkylation sites (tertiary alicyclic amines) is 1. The molecule has 1 amide bonds. The number of fused-ring (bicyclic) bond motifs is 3. The number of pyridine rings is 2. The molecule has 2 N–H and O–H groups in total. The highest BCUT2D eigenvalue weighted by atomic mass is 16.3. The Morgan fingerprint density at radius 1 is 1.25 bits per heavy atom. The number of nitrogens with one attached hydrogen (secondary N) is 1. The monoisotopic (exact) mass is 434 g/mol. The highest BCUT2D eigenvalue weighted by Crippen LogP contribution is 2.49. The Morgan fingerprint density at radius 3 is 2.72 bits per heavy atom. The first kappa shape index (κ1) is 21.1. The number of hydrogen-bond donors (Lipinski definition) is 2. The second-order valence-corrected chi connectivity index (χ2v) is 9.25. The van der Waals surface area contributed by atoms with Crippen molar-refractivity contribution in [1.29, 1.82) is 0 Å². The molecule has 4 atom stereocenters. The van der Waals surface area contributed by atoms with Crippen LogP contribution in [-0.4, -0.2) is 44.7 Å². The van der Waals surface area contributed by atoms with Crippen LogP contribution in [0.2, 0.25) is 0 Å². The van der Waals surface area contributed by atoms with Gasteiger partial charge in [-0.2, -0.15) is 0 Å². The number of carbonyl (C=O) groups is 1. The van der Waals surface area contributed by atoms with Crippen LogP contribution >= 0.6 is 0 Å². The van der Waals surface area contributed by atoms with E-state index in [1.54, 1.807) is 12.4 Å². The SMILES string of the molecule is C/C=C/c1ccc2n(c1=O)C[C@@H]1[C@@H](CO)[C@H](C(=O)NCC3CC3)N(Cc3ccncc3)[C@H]21. The minimum Gasteiger partial charge on any atom is -0.396 e. The van der Waals surface area contributed by atoms with E-state index in [2.05, 4.69) is 15.2 Å². The van der Waals surface area contributed by atoms with Gasteiger partial charge in [0.25, 0.3) is 5.56 Å². The zero-order valence-electron chi connectivity index (χ0n) is 18.4. The van der Waals surface area contributed by atoms with Gasteiger partial charge < -0.3 is 15.0 Å². The minimum absolute atomic E-state index is 0.00654. The van der Waals surface area contributed by atoms with E-state index in [0.717, 1.165) is 11.3 Å². The fourth-order valence-corrected chi connectivity index (χ4v) is 5.48. The van der Waals surface area contributed by atoms with Crippen LogP contribution in [0.1, 0.15) is 42.6 Å². The van der Waals surface area contributed by atoms with E-state index in [1.807, 2.05) is 47.9 Å². The number of aromatic nitrogens is 2. The number of nitrogens with zero attached hydrogens (tertiary/aromatic N) is 3. The van der Waals surface area contributed by atoms with Gasteiger partial charge in [-0.1, -0.05) is 12.2 Å². The number of rotatable bonds is 7. The van der Waals surface area contributed by atoms with E-state index in [4.69, 9.17) is 0 Å². The molecule has 0 radical (unpaired) electrons. The fourth-order valence-electron chi connectivity index (χ4n) is 5.48. The third-order valence-electron chi connectivity index (χ3n) is 7.21. The molecule has 5 rings (SSSR count). The highest BCUT2D eigenvalue weighted by Gasteiger charge is 2.55. The molecule has 0 unspecified atom stereocenters. The van der Waals surface area contributed by atoms with Crippen molar-refractivity contribution in [3.05, 3.63) is 69.9 Å². The fraction of sp³-hybridized carbons (Fsp3) is 0.480. The molecule has 7 heteroatoms. The Labute approximate surface area is 187 Å². The Morgan fingerprint density at radius 2 is 2.03 bits per heavy atom. The van der Waals surface area contributed by atoms with Crippen molar-refractivity contribution >= 4 is 12.0 Å². The third-order valence-corrected chi connectivity index (χ3v) is 7.21. The largest absolute Gasteiger partial charge is 0.396 e. The normalized spacial score (nSPS) is 26.9. The quantitative estimate of drug-likeness (QED) is 0.696. The summed E-state index contributed by atoms with van der Waals surface area (Å²) in [6.07, 6.45) is 9.55. The predicted molar refractivity (Wildman–Crippen MR) is 122 cm³/mol. The summed E-state index contributed by atoms with van der Waals surface area (Å²) >= 11 is 0. The molecule has 168 valence electrons. The molecule has 2 fully saturated rings. The maximum absolute atomic E-state index is 13.3. The summed E-state index contributed by atoms with van der Waals surface area (Å²) in [5.74, 6) is 0.349. The molecule has 2 aromatic heterocycles. The second-order valence-electron chi connectivity index (χ2n) is 9.25. The van der Waals surface area contributed by atoms with Gasteiger partial charge >= 0.3 is 0 Å². The Balaban J connectivity index is 1.53. The number of allylic oxidation sites excluding steroid dienone is 1. The van der Waals surface area contributed by atoms with Gasteiger partial charge in [0.15, 0.2) is 0 Å². The molecule has 0 spiro atoms.